The van der Waals surface area contributed by atoms with E-state index in [1.54, 1.807) is 6.20 Å². The van der Waals surface area contributed by atoms with Gasteiger partial charge in [-0.25, -0.2) is 5.01 Å². The zero-order chi connectivity index (χ0) is 14.7. The molecule has 0 unspecified atom stereocenters. The van der Waals surface area contributed by atoms with Crippen LogP contribution in [0.1, 0.15) is 13.3 Å². The summed E-state index contributed by atoms with van der Waals surface area (Å²) in [5.74, 6) is 1.43. The molecule has 3 N–H and O–H groups in total. The van der Waals surface area contributed by atoms with Crippen LogP contribution >= 0.6 is 0 Å². The molecule has 2 aromatic heterocycles. The molecule has 8 heteroatoms. The van der Waals surface area contributed by atoms with Gasteiger partial charge in [-0.05, 0) is 13.5 Å². The summed E-state index contributed by atoms with van der Waals surface area (Å²) in [4.78, 5) is 11.3. The highest BCUT2D eigenvalue weighted by Crippen LogP contribution is 2.20. The SMILES string of the molecule is CCCNc1nc(NN2CCN(C)CC2)c2cn[nH]c2n1. The second-order valence-corrected chi connectivity index (χ2v) is 5.36. The third-order valence-electron chi connectivity index (χ3n) is 3.61. The number of fused-ring (bicyclic) bond motifs is 1. The first kappa shape index (κ1) is 14.0. The first-order chi connectivity index (χ1) is 10.3. The summed E-state index contributed by atoms with van der Waals surface area (Å²) < 4.78 is 0. The highest BCUT2D eigenvalue weighted by Gasteiger charge is 2.16. The van der Waals surface area contributed by atoms with Crippen molar-refractivity contribution in [3.05, 3.63) is 6.20 Å². The van der Waals surface area contributed by atoms with Crippen LogP contribution in [-0.4, -0.2) is 69.8 Å². The van der Waals surface area contributed by atoms with Crippen molar-refractivity contribution in [1.82, 2.24) is 30.1 Å². The highest BCUT2D eigenvalue weighted by molar-refractivity contribution is 5.86. The fraction of sp³-hybridized carbons (Fsp3) is 0.615. The molecule has 2 aromatic rings. The Bertz CT molecular complexity index is 587. The summed E-state index contributed by atoms with van der Waals surface area (Å²) in [5.41, 5.74) is 4.15. The van der Waals surface area contributed by atoms with E-state index in [1.807, 2.05) is 0 Å². The molecule has 21 heavy (non-hydrogen) atoms. The topological polar surface area (TPSA) is 85.0 Å². The van der Waals surface area contributed by atoms with Gasteiger partial charge in [-0.3, -0.25) is 5.10 Å². The van der Waals surface area contributed by atoms with E-state index in [2.05, 4.69) is 54.8 Å². The van der Waals surface area contributed by atoms with Crippen LogP contribution in [-0.2, 0) is 0 Å². The van der Waals surface area contributed by atoms with Crippen LogP contribution in [0, 0.1) is 0 Å². The molecular weight excluding hydrogens is 268 g/mol. The lowest BCUT2D eigenvalue weighted by molar-refractivity contribution is 0.178. The number of rotatable bonds is 5. The van der Waals surface area contributed by atoms with Crippen LogP contribution < -0.4 is 10.7 Å². The van der Waals surface area contributed by atoms with E-state index in [9.17, 15) is 0 Å². The molecule has 8 nitrogen and oxygen atoms in total. The number of H-pyrrole nitrogens is 1. The van der Waals surface area contributed by atoms with E-state index in [0.29, 0.717) is 5.95 Å². The molecule has 0 atom stereocenters. The van der Waals surface area contributed by atoms with Gasteiger partial charge in [0.15, 0.2) is 11.5 Å². The maximum absolute atomic E-state index is 4.58. The maximum Gasteiger partial charge on any atom is 0.226 e. The number of aromatic nitrogens is 4. The van der Waals surface area contributed by atoms with Crippen molar-refractivity contribution in [1.29, 1.82) is 0 Å². The Kier molecular flexibility index (Phi) is 4.16. The third kappa shape index (κ3) is 3.22. The van der Waals surface area contributed by atoms with Crippen molar-refractivity contribution in [2.24, 2.45) is 0 Å². The van der Waals surface area contributed by atoms with Gasteiger partial charge in [-0.2, -0.15) is 15.1 Å². The summed E-state index contributed by atoms with van der Waals surface area (Å²) in [7, 11) is 2.14. The molecule has 0 bridgehead atoms. The molecule has 1 aliphatic heterocycles. The number of hydrogen-bond donors (Lipinski definition) is 3. The minimum Gasteiger partial charge on any atom is -0.354 e. The molecule has 3 rings (SSSR count). The molecular formula is C13H22N8. The number of anilines is 2. The molecule has 0 spiro atoms. The van der Waals surface area contributed by atoms with Gasteiger partial charge in [0.05, 0.1) is 11.6 Å². The minimum atomic E-state index is 0.630. The molecule has 0 aromatic carbocycles. The van der Waals surface area contributed by atoms with Gasteiger partial charge < -0.3 is 15.6 Å². The van der Waals surface area contributed by atoms with Crippen molar-refractivity contribution in [3.8, 4) is 0 Å². The molecule has 1 saturated heterocycles. The van der Waals surface area contributed by atoms with Gasteiger partial charge in [0.25, 0.3) is 0 Å². The number of nitrogens with zero attached hydrogens (tertiary/aromatic N) is 5. The first-order valence-electron chi connectivity index (χ1n) is 7.41. The fourth-order valence-corrected chi connectivity index (χ4v) is 2.30. The van der Waals surface area contributed by atoms with Crippen LogP contribution in [0.5, 0.6) is 0 Å². The minimum absolute atomic E-state index is 0.630. The fourth-order valence-electron chi connectivity index (χ4n) is 2.30. The lowest BCUT2D eigenvalue weighted by atomic mass is 10.3. The smallest absolute Gasteiger partial charge is 0.226 e. The molecule has 3 heterocycles. The Morgan fingerprint density at radius 1 is 1.24 bits per heavy atom. The zero-order valence-corrected chi connectivity index (χ0v) is 12.6. The second kappa shape index (κ2) is 6.23. The van der Waals surface area contributed by atoms with E-state index in [1.165, 1.54) is 0 Å². The largest absolute Gasteiger partial charge is 0.354 e. The van der Waals surface area contributed by atoms with Crippen LogP contribution in [0.4, 0.5) is 11.8 Å². The third-order valence-corrected chi connectivity index (χ3v) is 3.61. The van der Waals surface area contributed by atoms with E-state index >= 15 is 0 Å². The Morgan fingerprint density at radius 3 is 2.81 bits per heavy atom. The summed E-state index contributed by atoms with van der Waals surface area (Å²) in [6, 6.07) is 0. The standard InChI is InChI=1S/C13H22N8/c1-3-4-14-13-16-11-10(9-15-18-11)12(17-13)19-21-7-5-20(2)6-8-21/h9H,3-8H2,1-2H3,(H3,14,15,16,17,18,19). The number of aromatic amines is 1. The predicted molar refractivity (Wildman–Crippen MR) is 83.2 cm³/mol. The van der Waals surface area contributed by atoms with Gasteiger partial charge in [-0.1, -0.05) is 6.92 Å². The molecule has 114 valence electrons. The Hall–Kier alpha value is -1.93. The molecule has 0 saturated carbocycles. The zero-order valence-electron chi connectivity index (χ0n) is 12.6. The molecule has 0 amide bonds. The second-order valence-electron chi connectivity index (χ2n) is 5.36. The van der Waals surface area contributed by atoms with Gasteiger partial charge in [0, 0.05) is 32.7 Å². The van der Waals surface area contributed by atoms with Crippen molar-refractivity contribution in [2.75, 3.05) is 50.5 Å². The monoisotopic (exact) mass is 290 g/mol. The maximum atomic E-state index is 4.58. The van der Waals surface area contributed by atoms with E-state index in [4.69, 9.17) is 0 Å². The lowest BCUT2D eigenvalue weighted by Crippen LogP contribution is -2.47. The molecule has 0 radical (unpaired) electrons. The Morgan fingerprint density at radius 2 is 2.05 bits per heavy atom. The van der Waals surface area contributed by atoms with Crippen LogP contribution in [0.25, 0.3) is 11.0 Å². The molecule has 0 aliphatic carbocycles. The highest BCUT2D eigenvalue weighted by atomic mass is 15.5. The number of hydrazine groups is 1. The number of hydrogen-bond acceptors (Lipinski definition) is 7. The number of piperazine rings is 1. The number of likely N-dealkylation sites (N-methyl/N-ethyl adjacent to an activating group) is 1. The van der Waals surface area contributed by atoms with Crippen molar-refractivity contribution < 1.29 is 0 Å². The average molecular weight is 290 g/mol. The van der Waals surface area contributed by atoms with Crippen LogP contribution in [0.2, 0.25) is 0 Å². The summed E-state index contributed by atoms with van der Waals surface area (Å²) in [5, 5.41) is 13.3. The lowest BCUT2D eigenvalue weighted by Gasteiger charge is -2.32. The van der Waals surface area contributed by atoms with E-state index in [-0.39, 0.29) is 0 Å². The van der Waals surface area contributed by atoms with Crippen molar-refractivity contribution in [3.63, 3.8) is 0 Å². The Balaban J connectivity index is 1.80. The van der Waals surface area contributed by atoms with E-state index in [0.717, 1.165) is 56.0 Å². The average Bonchev–Trinajstić information content (AvgIpc) is 2.96. The summed E-state index contributed by atoms with van der Waals surface area (Å²) in [6.07, 6.45) is 2.79. The van der Waals surface area contributed by atoms with Crippen molar-refractivity contribution >= 4 is 22.8 Å². The van der Waals surface area contributed by atoms with Gasteiger partial charge >= 0.3 is 0 Å². The Labute approximate surface area is 123 Å². The molecule has 1 fully saturated rings. The molecule has 1 aliphatic rings. The van der Waals surface area contributed by atoms with Gasteiger partial charge in [0.2, 0.25) is 5.95 Å². The van der Waals surface area contributed by atoms with Crippen LogP contribution in [0.15, 0.2) is 6.20 Å². The summed E-state index contributed by atoms with van der Waals surface area (Å²) >= 11 is 0. The first-order valence-corrected chi connectivity index (χ1v) is 7.41. The van der Waals surface area contributed by atoms with Gasteiger partial charge in [-0.15, -0.1) is 0 Å². The van der Waals surface area contributed by atoms with E-state index < -0.39 is 0 Å². The van der Waals surface area contributed by atoms with Crippen LogP contribution in [0.3, 0.4) is 0 Å². The number of nitrogens with one attached hydrogen (secondary N) is 3. The van der Waals surface area contributed by atoms with Crippen molar-refractivity contribution in [2.45, 2.75) is 13.3 Å². The quantitative estimate of drug-likeness (QED) is 0.749. The summed E-state index contributed by atoms with van der Waals surface area (Å²) in [6.45, 7) is 7.01. The predicted octanol–water partition coefficient (Wildman–Crippen LogP) is 0.749. The normalized spacial score (nSPS) is 17.2. The van der Waals surface area contributed by atoms with Gasteiger partial charge in [0.1, 0.15) is 0 Å².